The van der Waals surface area contributed by atoms with Crippen LogP contribution in [-0.2, 0) is 9.47 Å². The molecule has 0 atom stereocenters. The molecule has 0 fully saturated rings. The molecule has 1 N–H and O–H groups in total. The first-order valence-corrected chi connectivity index (χ1v) is 8.84. The lowest BCUT2D eigenvalue weighted by molar-refractivity contribution is 0.0468. The highest BCUT2D eigenvalue weighted by Gasteiger charge is 2.23. The number of H-pyrrole nitrogens is 1. The quantitative estimate of drug-likeness (QED) is 0.520. The molecule has 0 unspecified atom stereocenters. The number of hydrogen-bond acceptors (Lipinski definition) is 6. The monoisotopic (exact) mass is 380 g/mol. The van der Waals surface area contributed by atoms with Gasteiger partial charge in [-0.1, -0.05) is 24.3 Å². The minimum absolute atomic E-state index is 0.126. The molecule has 1 aromatic carbocycles. The molecule has 0 aliphatic heterocycles. The number of hydrogen-bond donors (Lipinski definition) is 1. The van der Waals surface area contributed by atoms with Crippen LogP contribution in [0, 0.1) is 13.8 Å². The number of nitrogens with one attached hydrogen (secondary N) is 1. The highest BCUT2D eigenvalue weighted by atomic mass is 16.5. The normalized spacial score (nSPS) is 10.7. The molecule has 0 radical (unpaired) electrons. The summed E-state index contributed by atoms with van der Waals surface area (Å²) in [6.07, 6.45) is 0. The predicted molar refractivity (Wildman–Crippen MR) is 103 cm³/mol. The first kappa shape index (κ1) is 19.3. The van der Waals surface area contributed by atoms with Crippen LogP contribution in [0.5, 0.6) is 0 Å². The number of ether oxygens (including phenoxy) is 2. The Hall–Kier alpha value is -3.48. The average molecular weight is 380 g/mol. The molecule has 0 saturated heterocycles. The average Bonchev–Trinajstić information content (AvgIpc) is 3.00. The van der Waals surface area contributed by atoms with E-state index in [4.69, 9.17) is 9.47 Å². The van der Waals surface area contributed by atoms with Crippen LogP contribution in [0.1, 0.15) is 49.5 Å². The van der Waals surface area contributed by atoms with E-state index in [1.54, 1.807) is 39.0 Å². The lowest BCUT2D eigenvalue weighted by Gasteiger charge is -2.06. The number of aromatic amines is 1. The van der Waals surface area contributed by atoms with E-state index in [9.17, 15) is 14.4 Å². The Morgan fingerprint density at radius 1 is 1.00 bits per heavy atom. The highest BCUT2D eigenvalue weighted by molar-refractivity contribution is 6.04. The van der Waals surface area contributed by atoms with E-state index in [0.29, 0.717) is 22.3 Å². The van der Waals surface area contributed by atoms with Gasteiger partial charge in [0.25, 0.3) is 0 Å². The number of esters is 2. The zero-order chi connectivity index (χ0) is 20.3. The van der Waals surface area contributed by atoms with Gasteiger partial charge in [0, 0.05) is 16.6 Å². The SMILES string of the molecule is CCOC(=O)c1[nH]c(C)c(C(=O)COC(=O)c2ccc3ccccc3n2)c1C. The molecule has 3 rings (SSSR count). The molecular formula is C21H20N2O5. The van der Waals surface area contributed by atoms with Crippen LogP contribution < -0.4 is 0 Å². The van der Waals surface area contributed by atoms with Crippen molar-refractivity contribution < 1.29 is 23.9 Å². The fourth-order valence-corrected chi connectivity index (χ4v) is 3.03. The first-order valence-electron chi connectivity index (χ1n) is 8.84. The van der Waals surface area contributed by atoms with Gasteiger partial charge in [-0.3, -0.25) is 4.79 Å². The van der Waals surface area contributed by atoms with E-state index in [-0.39, 0.29) is 18.0 Å². The van der Waals surface area contributed by atoms with Crippen LogP contribution in [0.3, 0.4) is 0 Å². The number of carbonyl (C=O) groups is 3. The fourth-order valence-electron chi connectivity index (χ4n) is 3.03. The van der Waals surface area contributed by atoms with Gasteiger partial charge in [0.05, 0.1) is 12.1 Å². The van der Waals surface area contributed by atoms with Gasteiger partial charge in [0.1, 0.15) is 11.4 Å². The lowest BCUT2D eigenvalue weighted by atomic mass is 10.1. The number of aryl methyl sites for hydroxylation is 1. The van der Waals surface area contributed by atoms with Crippen LogP contribution in [-0.4, -0.2) is 40.9 Å². The number of pyridine rings is 1. The second-order valence-corrected chi connectivity index (χ2v) is 6.23. The van der Waals surface area contributed by atoms with Gasteiger partial charge in [-0.25, -0.2) is 14.6 Å². The summed E-state index contributed by atoms with van der Waals surface area (Å²) in [6.45, 7) is 4.81. The molecule has 0 saturated carbocycles. The Morgan fingerprint density at radius 2 is 1.75 bits per heavy atom. The number of carbonyl (C=O) groups excluding carboxylic acids is 3. The molecule has 7 nitrogen and oxygen atoms in total. The number of aromatic nitrogens is 2. The molecule has 2 aromatic heterocycles. The van der Waals surface area contributed by atoms with Crippen LogP contribution >= 0.6 is 0 Å². The highest BCUT2D eigenvalue weighted by Crippen LogP contribution is 2.20. The van der Waals surface area contributed by atoms with Crippen LogP contribution in [0.4, 0.5) is 0 Å². The van der Waals surface area contributed by atoms with E-state index in [2.05, 4.69) is 9.97 Å². The zero-order valence-corrected chi connectivity index (χ0v) is 15.9. The van der Waals surface area contributed by atoms with Crippen LogP contribution in [0.2, 0.25) is 0 Å². The fraction of sp³-hybridized carbons (Fsp3) is 0.238. The van der Waals surface area contributed by atoms with Gasteiger partial charge in [-0.15, -0.1) is 0 Å². The summed E-state index contributed by atoms with van der Waals surface area (Å²) in [5, 5.41) is 0.903. The van der Waals surface area contributed by atoms with Gasteiger partial charge < -0.3 is 14.5 Å². The molecule has 0 bridgehead atoms. The van der Waals surface area contributed by atoms with Gasteiger partial charge in [-0.2, -0.15) is 0 Å². The summed E-state index contributed by atoms with van der Waals surface area (Å²) in [7, 11) is 0. The number of nitrogens with zero attached hydrogens (tertiary/aromatic N) is 1. The third-order valence-corrected chi connectivity index (χ3v) is 4.34. The van der Waals surface area contributed by atoms with E-state index in [1.807, 2.05) is 18.2 Å². The van der Waals surface area contributed by atoms with Gasteiger partial charge >= 0.3 is 11.9 Å². The Kier molecular flexibility index (Phi) is 5.54. The largest absolute Gasteiger partial charge is 0.461 e. The van der Waals surface area contributed by atoms with Crippen molar-refractivity contribution in [1.82, 2.24) is 9.97 Å². The molecule has 144 valence electrons. The molecular weight excluding hydrogens is 360 g/mol. The van der Waals surface area contributed by atoms with Gasteiger partial charge in [-0.05, 0) is 38.5 Å². The standard InChI is InChI=1S/C21H20N2O5/c1-4-27-21(26)19-12(2)18(13(3)22-19)17(24)11-28-20(25)16-10-9-14-7-5-6-8-15(14)23-16/h5-10,22H,4,11H2,1-3H3. The molecule has 0 aliphatic rings. The molecule has 0 amide bonds. The van der Waals surface area contributed by atoms with Crippen molar-refractivity contribution in [3.05, 3.63) is 64.6 Å². The first-order chi connectivity index (χ1) is 13.4. The second-order valence-electron chi connectivity index (χ2n) is 6.23. The maximum Gasteiger partial charge on any atom is 0.357 e. The zero-order valence-electron chi connectivity index (χ0n) is 15.9. The minimum atomic E-state index is -0.685. The lowest BCUT2D eigenvalue weighted by Crippen LogP contribution is -2.16. The van der Waals surface area contributed by atoms with Crippen molar-refractivity contribution in [2.45, 2.75) is 20.8 Å². The Labute approximate surface area is 161 Å². The van der Waals surface area contributed by atoms with Crippen LogP contribution in [0.25, 0.3) is 10.9 Å². The smallest absolute Gasteiger partial charge is 0.357 e. The topological polar surface area (TPSA) is 98.4 Å². The Bertz CT molecular complexity index is 1070. The molecule has 3 aromatic rings. The molecule has 0 aliphatic carbocycles. The molecule has 28 heavy (non-hydrogen) atoms. The molecule has 0 spiro atoms. The van der Waals surface area contributed by atoms with E-state index in [1.165, 1.54) is 0 Å². The van der Waals surface area contributed by atoms with Crippen molar-refractivity contribution in [3.63, 3.8) is 0 Å². The maximum absolute atomic E-state index is 12.6. The summed E-state index contributed by atoms with van der Waals surface area (Å²) in [4.78, 5) is 43.9. The minimum Gasteiger partial charge on any atom is -0.461 e. The number of fused-ring (bicyclic) bond motifs is 1. The summed E-state index contributed by atoms with van der Waals surface area (Å²) >= 11 is 0. The van der Waals surface area contributed by atoms with Crippen molar-refractivity contribution >= 4 is 28.6 Å². The molecule has 2 heterocycles. The maximum atomic E-state index is 12.6. The van der Waals surface area contributed by atoms with Crippen molar-refractivity contribution in [3.8, 4) is 0 Å². The van der Waals surface area contributed by atoms with Crippen LogP contribution in [0.15, 0.2) is 36.4 Å². The summed E-state index contributed by atoms with van der Waals surface area (Å²) in [5.41, 5.74) is 2.33. The van der Waals surface area contributed by atoms with Crippen molar-refractivity contribution in [2.75, 3.05) is 13.2 Å². The summed E-state index contributed by atoms with van der Waals surface area (Å²) in [5.74, 6) is -1.62. The van der Waals surface area contributed by atoms with Gasteiger partial charge in [0.15, 0.2) is 6.61 Å². The van der Waals surface area contributed by atoms with Crippen molar-refractivity contribution in [2.24, 2.45) is 0 Å². The third kappa shape index (κ3) is 3.78. The number of para-hydroxylation sites is 1. The Morgan fingerprint density at radius 3 is 2.50 bits per heavy atom. The third-order valence-electron chi connectivity index (χ3n) is 4.34. The van der Waals surface area contributed by atoms with Gasteiger partial charge in [0.2, 0.25) is 5.78 Å². The van der Waals surface area contributed by atoms with E-state index in [0.717, 1.165) is 5.39 Å². The summed E-state index contributed by atoms with van der Waals surface area (Å²) in [6, 6.07) is 10.7. The number of rotatable bonds is 6. The summed E-state index contributed by atoms with van der Waals surface area (Å²) < 4.78 is 10.1. The predicted octanol–water partition coefficient (Wildman–Crippen LogP) is 3.40. The number of benzene rings is 1. The number of ketones is 1. The van der Waals surface area contributed by atoms with Crippen molar-refractivity contribution in [1.29, 1.82) is 0 Å². The van der Waals surface area contributed by atoms with E-state index >= 15 is 0 Å². The van der Waals surface area contributed by atoms with E-state index < -0.39 is 24.3 Å². The second kappa shape index (κ2) is 8.04. The molecule has 7 heteroatoms. The number of Topliss-reactive ketones (excluding diaryl/α,β-unsaturated/α-hetero) is 1. The Balaban J connectivity index is 1.72.